The Morgan fingerprint density at radius 1 is 0.500 bits per heavy atom. The van der Waals surface area contributed by atoms with Crippen LogP contribution in [0.5, 0.6) is 11.5 Å². The second-order valence-electron chi connectivity index (χ2n) is 12.2. The van der Waals surface area contributed by atoms with Crippen molar-refractivity contribution in [1.29, 1.82) is 0 Å². The minimum atomic E-state index is -0.540. The van der Waals surface area contributed by atoms with Crippen molar-refractivity contribution in [3.05, 3.63) is 48.5 Å². The largest absolute Gasteiger partial charge is 0.488 e. The highest BCUT2D eigenvalue weighted by Gasteiger charge is 2.22. The summed E-state index contributed by atoms with van der Waals surface area (Å²) in [7, 11) is 0. The topological polar surface area (TPSA) is 89.5 Å². The average Bonchev–Trinajstić information content (AvgIpc) is 3.10. The first-order valence-corrected chi connectivity index (χ1v) is 18.3. The zero-order valence-electron chi connectivity index (χ0n) is 29.8. The SMILES string of the molecule is CCCCCCCC(=O)OC(COCC)COc1c2ccccc2c(OCC(COCC)OC(=O)CCCCCCC)c2ccccc12. The third-order valence-electron chi connectivity index (χ3n) is 8.24. The van der Waals surface area contributed by atoms with Crippen molar-refractivity contribution in [3.63, 3.8) is 0 Å². The van der Waals surface area contributed by atoms with Crippen molar-refractivity contribution >= 4 is 33.5 Å². The quantitative estimate of drug-likeness (QED) is 0.0476. The minimum Gasteiger partial charge on any atom is -0.488 e. The number of esters is 2. The minimum absolute atomic E-state index is 0.153. The van der Waals surface area contributed by atoms with Gasteiger partial charge in [0.05, 0.1) is 13.2 Å². The van der Waals surface area contributed by atoms with E-state index in [1.807, 2.05) is 62.4 Å². The van der Waals surface area contributed by atoms with Crippen LogP contribution >= 0.6 is 0 Å². The summed E-state index contributed by atoms with van der Waals surface area (Å²) in [6.45, 7) is 10.0. The number of benzene rings is 3. The van der Waals surface area contributed by atoms with E-state index < -0.39 is 12.2 Å². The second kappa shape index (κ2) is 23.1. The van der Waals surface area contributed by atoms with Crippen LogP contribution in [0, 0.1) is 0 Å². The zero-order valence-corrected chi connectivity index (χ0v) is 29.8. The molecule has 48 heavy (non-hydrogen) atoms. The molecule has 0 spiro atoms. The number of ether oxygens (including phenoxy) is 6. The Morgan fingerprint density at radius 2 is 0.854 bits per heavy atom. The van der Waals surface area contributed by atoms with Gasteiger partial charge in [0.15, 0.2) is 12.2 Å². The van der Waals surface area contributed by atoms with Gasteiger partial charge in [-0.2, -0.15) is 0 Å². The highest BCUT2D eigenvalue weighted by molar-refractivity contribution is 6.11. The van der Waals surface area contributed by atoms with Crippen molar-refractivity contribution in [1.82, 2.24) is 0 Å². The van der Waals surface area contributed by atoms with E-state index in [1.54, 1.807) is 0 Å². The first-order chi connectivity index (χ1) is 23.5. The monoisotopic (exact) mass is 666 g/mol. The van der Waals surface area contributed by atoms with Crippen LogP contribution < -0.4 is 9.47 Å². The first kappa shape index (κ1) is 39.1. The highest BCUT2D eigenvalue weighted by Crippen LogP contribution is 2.42. The van der Waals surface area contributed by atoms with Gasteiger partial charge in [0.2, 0.25) is 0 Å². The predicted octanol–water partition coefficient (Wildman–Crippen LogP) is 9.37. The van der Waals surface area contributed by atoms with E-state index in [-0.39, 0.29) is 38.4 Å². The van der Waals surface area contributed by atoms with Crippen molar-refractivity contribution in [2.45, 2.75) is 117 Å². The third kappa shape index (κ3) is 13.3. The van der Waals surface area contributed by atoms with Crippen LogP contribution in [0.2, 0.25) is 0 Å². The molecule has 0 saturated heterocycles. The molecule has 8 nitrogen and oxygen atoms in total. The van der Waals surface area contributed by atoms with Crippen LogP contribution in [0.3, 0.4) is 0 Å². The van der Waals surface area contributed by atoms with Crippen molar-refractivity contribution in [2.75, 3.05) is 39.6 Å². The molecule has 0 radical (unpaired) electrons. The molecule has 0 amide bonds. The lowest BCUT2D eigenvalue weighted by Gasteiger charge is -2.23. The van der Waals surface area contributed by atoms with E-state index in [4.69, 9.17) is 28.4 Å². The molecule has 0 aromatic heterocycles. The number of rotatable bonds is 26. The molecule has 3 aromatic rings. The molecular formula is C40H58O8. The van der Waals surface area contributed by atoms with Crippen molar-refractivity contribution < 1.29 is 38.0 Å². The fraction of sp³-hybridized carbons (Fsp3) is 0.600. The average molecular weight is 667 g/mol. The molecule has 8 heteroatoms. The Kier molecular flexibility index (Phi) is 18.8. The number of unbranched alkanes of at least 4 members (excludes halogenated alkanes) is 8. The van der Waals surface area contributed by atoms with Gasteiger partial charge in [0, 0.05) is 47.6 Å². The number of carbonyl (C=O) groups excluding carboxylic acids is 2. The molecule has 0 bridgehead atoms. The summed E-state index contributed by atoms with van der Waals surface area (Å²) in [6, 6.07) is 15.9. The third-order valence-corrected chi connectivity index (χ3v) is 8.24. The smallest absolute Gasteiger partial charge is 0.306 e. The molecule has 0 aliphatic rings. The van der Waals surface area contributed by atoms with E-state index in [2.05, 4.69) is 13.8 Å². The Morgan fingerprint density at radius 3 is 1.19 bits per heavy atom. The molecule has 3 rings (SSSR count). The van der Waals surface area contributed by atoms with Crippen LogP contribution in [-0.4, -0.2) is 63.8 Å². The Labute approximate surface area is 287 Å². The summed E-state index contributed by atoms with van der Waals surface area (Å²) in [5, 5.41) is 3.48. The van der Waals surface area contributed by atoms with Gasteiger partial charge in [0.25, 0.3) is 0 Å². The summed E-state index contributed by atoms with van der Waals surface area (Å²) in [6.07, 6.45) is 10.4. The lowest BCUT2D eigenvalue weighted by molar-refractivity contribution is -0.155. The van der Waals surface area contributed by atoms with Gasteiger partial charge in [-0.1, -0.05) is 114 Å². The molecule has 3 aromatic carbocycles. The summed E-state index contributed by atoms with van der Waals surface area (Å²) < 4.78 is 36.0. The van der Waals surface area contributed by atoms with E-state index in [0.29, 0.717) is 37.6 Å². The standard InChI is InChI=1S/C40H58O8/c1-5-9-11-13-15-25-37(41)47-31(27-43-7-3)29-45-39-33-21-17-19-23-35(33)40(36-24-20-18-22-34(36)39)46-30-32(28-44-8-4)48-38(42)26-16-14-12-10-6-2/h17-24,31-32H,5-16,25-30H2,1-4H3. The Hall–Kier alpha value is -3.36. The van der Waals surface area contributed by atoms with Crippen molar-refractivity contribution in [2.24, 2.45) is 0 Å². The van der Waals surface area contributed by atoms with Gasteiger partial charge in [-0.25, -0.2) is 0 Å². The maximum Gasteiger partial charge on any atom is 0.306 e. The second-order valence-corrected chi connectivity index (χ2v) is 12.2. The van der Waals surface area contributed by atoms with Gasteiger partial charge in [-0.15, -0.1) is 0 Å². The number of fused-ring (bicyclic) bond motifs is 2. The molecule has 0 aliphatic carbocycles. The van der Waals surface area contributed by atoms with Crippen LogP contribution in [0.15, 0.2) is 48.5 Å². The Bertz CT molecular complexity index is 1200. The molecule has 0 N–H and O–H groups in total. The maximum atomic E-state index is 12.7. The summed E-state index contributed by atoms with van der Waals surface area (Å²) in [5.74, 6) is 0.922. The van der Waals surface area contributed by atoms with Crippen LogP contribution in [0.1, 0.15) is 105 Å². The van der Waals surface area contributed by atoms with Crippen LogP contribution in [0.4, 0.5) is 0 Å². The molecular weight excluding hydrogens is 608 g/mol. The molecule has 0 saturated carbocycles. The fourth-order valence-electron chi connectivity index (χ4n) is 5.68. The van der Waals surface area contributed by atoms with Gasteiger partial charge < -0.3 is 28.4 Å². The summed E-state index contributed by atoms with van der Waals surface area (Å²) in [5.41, 5.74) is 0. The van der Waals surface area contributed by atoms with Crippen molar-refractivity contribution in [3.8, 4) is 11.5 Å². The first-order valence-electron chi connectivity index (χ1n) is 18.3. The zero-order chi connectivity index (χ0) is 34.4. The van der Waals surface area contributed by atoms with E-state index in [1.165, 1.54) is 12.8 Å². The van der Waals surface area contributed by atoms with Gasteiger partial charge in [0.1, 0.15) is 24.7 Å². The number of hydrogen-bond acceptors (Lipinski definition) is 8. The molecule has 0 fully saturated rings. The van der Waals surface area contributed by atoms with E-state index in [0.717, 1.165) is 72.9 Å². The Balaban J connectivity index is 1.78. The molecule has 2 atom stereocenters. The highest BCUT2D eigenvalue weighted by atomic mass is 16.6. The van der Waals surface area contributed by atoms with E-state index in [9.17, 15) is 9.59 Å². The molecule has 2 unspecified atom stereocenters. The molecule has 0 aliphatic heterocycles. The maximum absolute atomic E-state index is 12.7. The lowest BCUT2D eigenvalue weighted by Crippen LogP contribution is -2.30. The molecule has 0 heterocycles. The van der Waals surface area contributed by atoms with Gasteiger partial charge >= 0.3 is 11.9 Å². The van der Waals surface area contributed by atoms with Crippen LogP contribution in [-0.2, 0) is 28.5 Å². The number of carbonyl (C=O) groups is 2. The van der Waals surface area contributed by atoms with Gasteiger partial charge in [-0.05, 0) is 26.7 Å². The lowest BCUT2D eigenvalue weighted by atomic mass is 10.0. The summed E-state index contributed by atoms with van der Waals surface area (Å²) >= 11 is 0. The molecule has 266 valence electrons. The predicted molar refractivity (Wildman–Crippen MR) is 192 cm³/mol. The normalized spacial score (nSPS) is 12.6. The van der Waals surface area contributed by atoms with Gasteiger partial charge in [-0.3, -0.25) is 9.59 Å². The fourth-order valence-corrected chi connectivity index (χ4v) is 5.68. The number of hydrogen-bond donors (Lipinski definition) is 0. The van der Waals surface area contributed by atoms with Crippen LogP contribution in [0.25, 0.3) is 21.5 Å². The van der Waals surface area contributed by atoms with E-state index >= 15 is 0 Å². The summed E-state index contributed by atoms with van der Waals surface area (Å²) in [4.78, 5) is 25.4.